The highest BCUT2D eigenvalue weighted by Gasteiger charge is 2.24. The van der Waals surface area contributed by atoms with Gasteiger partial charge in [-0.1, -0.05) is 34.6 Å². The van der Waals surface area contributed by atoms with Gasteiger partial charge in [0.25, 0.3) is 0 Å². The van der Waals surface area contributed by atoms with Crippen molar-refractivity contribution >= 4 is 0 Å². The smallest absolute Gasteiger partial charge is 0.0700 e. The lowest BCUT2D eigenvalue weighted by atomic mass is 9.79. The van der Waals surface area contributed by atoms with Gasteiger partial charge in [-0.05, 0) is 24.3 Å². The van der Waals surface area contributed by atoms with Gasteiger partial charge in [-0.15, -0.1) is 0 Å². The molecular weight excluding hydrogens is 214 g/mol. The molecule has 0 aromatic carbocycles. The summed E-state index contributed by atoms with van der Waals surface area (Å²) in [6.07, 6.45) is 1.10. The van der Waals surface area contributed by atoms with Gasteiger partial charge in [-0.2, -0.15) is 0 Å². The molecular formula is C14H31NO2. The van der Waals surface area contributed by atoms with Gasteiger partial charge in [0, 0.05) is 19.8 Å². The molecule has 0 aliphatic heterocycles. The molecule has 104 valence electrons. The lowest BCUT2D eigenvalue weighted by Gasteiger charge is -2.31. The van der Waals surface area contributed by atoms with Crippen LogP contribution in [0, 0.1) is 11.3 Å². The maximum atomic E-state index is 5.55. The SMILES string of the molecule is COCCOCCC(CNC(C)C)C(C)(C)C. The van der Waals surface area contributed by atoms with Crippen molar-refractivity contribution in [2.45, 2.75) is 47.1 Å². The Labute approximate surface area is 107 Å². The number of hydrogen-bond donors (Lipinski definition) is 1. The third-order valence-electron chi connectivity index (χ3n) is 3.04. The summed E-state index contributed by atoms with van der Waals surface area (Å²) in [4.78, 5) is 0. The predicted molar refractivity (Wildman–Crippen MR) is 73.4 cm³/mol. The first-order valence-electron chi connectivity index (χ1n) is 6.68. The average Bonchev–Trinajstić information content (AvgIpc) is 2.19. The highest BCUT2D eigenvalue weighted by molar-refractivity contribution is 4.76. The zero-order chi connectivity index (χ0) is 13.3. The van der Waals surface area contributed by atoms with E-state index in [2.05, 4.69) is 39.9 Å². The van der Waals surface area contributed by atoms with Crippen molar-refractivity contribution in [1.29, 1.82) is 0 Å². The van der Waals surface area contributed by atoms with Gasteiger partial charge in [0.2, 0.25) is 0 Å². The molecule has 1 atom stereocenters. The molecule has 0 aromatic heterocycles. The van der Waals surface area contributed by atoms with Crippen LogP contribution in [0.1, 0.15) is 41.0 Å². The second-order valence-corrected chi connectivity index (χ2v) is 6.02. The van der Waals surface area contributed by atoms with E-state index in [0.29, 0.717) is 30.6 Å². The Kier molecular flexibility index (Phi) is 8.83. The van der Waals surface area contributed by atoms with Crippen molar-refractivity contribution in [3.8, 4) is 0 Å². The second kappa shape index (κ2) is 8.90. The number of hydrogen-bond acceptors (Lipinski definition) is 3. The first-order chi connectivity index (χ1) is 7.88. The van der Waals surface area contributed by atoms with E-state index >= 15 is 0 Å². The van der Waals surface area contributed by atoms with E-state index in [0.717, 1.165) is 19.6 Å². The third kappa shape index (κ3) is 9.57. The van der Waals surface area contributed by atoms with Crippen LogP contribution < -0.4 is 5.32 Å². The highest BCUT2D eigenvalue weighted by atomic mass is 16.5. The normalized spacial score (nSPS) is 14.3. The van der Waals surface area contributed by atoms with E-state index in [1.165, 1.54) is 0 Å². The predicted octanol–water partition coefficient (Wildman–Crippen LogP) is 2.70. The molecule has 1 N–H and O–H groups in total. The van der Waals surface area contributed by atoms with Crippen LogP contribution in [-0.2, 0) is 9.47 Å². The van der Waals surface area contributed by atoms with Gasteiger partial charge in [-0.25, -0.2) is 0 Å². The highest BCUT2D eigenvalue weighted by Crippen LogP contribution is 2.28. The van der Waals surface area contributed by atoms with Crippen molar-refractivity contribution in [2.24, 2.45) is 11.3 Å². The van der Waals surface area contributed by atoms with Gasteiger partial charge in [-0.3, -0.25) is 0 Å². The molecule has 0 radical (unpaired) electrons. The summed E-state index contributed by atoms with van der Waals surface area (Å²) in [7, 11) is 1.70. The first kappa shape index (κ1) is 16.9. The minimum Gasteiger partial charge on any atom is -0.382 e. The number of ether oxygens (including phenoxy) is 2. The van der Waals surface area contributed by atoms with E-state index in [1.807, 2.05) is 0 Å². The van der Waals surface area contributed by atoms with Crippen molar-refractivity contribution in [3.05, 3.63) is 0 Å². The lowest BCUT2D eigenvalue weighted by Crippen LogP contribution is -2.36. The minimum atomic E-state index is 0.326. The molecule has 0 spiro atoms. The van der Waals surface area contributed by atoms with Crippen molar-refractivity contribution in [1.82, 2.24) is 5.32 Å². The molecule has 0 aliphatic carbocycles. The first-order valence-corrected chi connectivity index (χ1v) is 6.68. The summed E-state index contributed by atoms with van der Waals surface area (Å²) in [5.74, 6) is 0.646. The minimum absolute atomic E-state index is 0.326. The van der Waals surface area contributed by atoms with Gasteiger partial charge >= 0.3 is 0 Å². The van der Waals surface area contributed by atoms with Crippen LogP contribution in [0.2, 0.25) is 0 Å². The molecule has 3 nitrogen and oxygen atoms in total. The van der Waals surface area contributed by atoms with E-state index in [9.17, 15) is 0 Å². The quantitative estimate of drug-likeness (QED) is 0.634. The maximum absolute atomic E-state index is 5.55. The summed E-state index contributed by atoms with van der Waals surface area (Å²) >= 11 is 0. The fourth-order valence-corrected chi connectivity index (χ4v) is 1.69. The molecule has 0 aliphatic rings. The lowest BCUT2D eigenvalue weighted by molar-refractivity contribution is 0.0537. The summed E-state index contributed by atoms with van der Waals surface area (Å²) in [5.41, 5.74) is 0.326. The fraction of sp³-hybridized carbons (Fsp3) is 1.00. The Balaban J connectivity index is 3.87. The molecule has 0 saturated heterocycles. The summed E-state index contributed by atoms with van der Waals surface area (Å²) in [6, 6.07) is 0.550. The topological polar surface area (TPSA) is 30.5 Å². The van der Waals surface area contributed by atoms with E-state index < -0.39 is 0 Å². The van der Waals surface area contributed by atoms with Gasteiger partial charge < -0.3 is 14.8 Å². The van der Waals surface area contributed by atoms with Crippen LogP contribution in [0.4, 0.5) is 0 Å². The van der Waals surface area contributed by atoms with Crippen molar-refractivity contribution in [2.75, 3.05) is 33.5 Å². The molecule has 0 heterocycles. The van der Waals surface area contributed by atoms with Crippen LogP contribution in [-0.4, -0.2) is 39.5 Å². The number of rotatable bonds is 9. The van der Waals surface area contributed by atoms with Gasteiger partial charge in [0.15, 0.2) is 0 Å². The molecule has 3 heteroatoms. The molecule has 0 saturated carbocycles. The van der Waals surface area contributed by atoms with Crippen LogP contribution >= 0.6 is 0 Å². The average molecular weight is 245 g/mol. The van der Waals surface area contributed by atoms with E-state index in [-0.39, 0.29) is 0 Å². The summed E-state index contributed by atoms with van der Waals surface area (Å²) < 4.78 is 10.5. The molecule has 0 fully saturated rings. The summed E-state index contributed by atoms with van der Waals surface area (Å²) in [5, 5.41) is 3.52. The molecule has 0 aromatic rings. The van der Waals surface area contributed by atoms with Gasteiger partial charge in [0.05, 0.1) is 13.2 Å². The monoisotopic (exact) mass is 245 g/mol. The van der Waals surface area contributed by atoms with E-state index in [1.54, 1.807) is 7.11 Å². The zero-order valence-electron chi connectivity index (χ0n) is 12.5. The Bertz CT molecular complexity index is 176. The Morgan fingerprint density at radius 1 is 1.06 bits per heavy atom. The van der Waals surface area contributed by atoms with Crippen LogP contribution in [0.5, 0.6) is 0 Å². The Morgan fingerprint density at radius 3 is 2.18 bits per heavy atom. The number of methoxy groups -OCH3 is 1. The Morgan fingerprint density at radius 2 is 1.71 bits per heavy atom. The maximum Gasteiger partial charge on any atom is 0.0700 e. The molecule has 1 unspecified atom stereocenters. The van der Waals surface area contributed by atoms with E-state index in [4.69, 9.17) is 9.47 Å². The van der Waals surface area contributed by atoms with Crippen LogP contribution in [0.15, 0.2) is 0 Å². The molecule has 0 rings (SSSR count). The second-order valence-electron chi connectivity index (χ2n) is 6.02. The molecule has 0 bridgehead atoms. The molecule has 0 amide bonds. The Hall–Kier alpha value is -0.120. The van der Waals surface area contributed by atoms with Gasteiger partial charge in [0.1, 0.15) is 0 Å². The van der Waals surface area contributed by atoms with Crippen molar-refractivity contribution in [3.63, 3.8) is 0 Å². The summed E-state index contributed by atoms with van der Waals surface area (Å²) in [6.45, 7) is 14.6. The standard InChI is InChI=1S/C14H31NO2/c1-12(2)15-11-13(14(3,4)5)7-8-17-10-9-16-6/h12-13,15H,7-11H2,1-6H3. The third-order valence-corrected chi connectivity index (χ3v) is 3.04. The largest absolute Gasteiger partial charge is 0.382 e. The molecule has 17 heavy (non-hydrogen) atoms. The fourth-order valence-electron chi connectivity index (χ4n) is 1.69. The zero-order valence-corrected chi connectivity index (χ0v) is 12.5. The number of nitrogens with one attached hydrogen (secondary N) is 1. The van der Waals surface area contributed by atoms with Crippen LogP contribution in [0.3, 0.4) is 0 Å². The van der Waals surface area contributed by atoms with Crippen LogP contribution in [0.25, 0.3) is 0 Å². The van der Waals surface area contributed by atoms with Crippen molar-refractivity contribution < 1.29 is 9.47 Å².